The monoisotopic (exact) mass is 317 g/mol. The number of benzene rings is 1. The molecule has 3 heteroatoms. The van der Waals surface area contributed by atoms with E-state index in [1.807, 2.05) is 6.07 Å². The molecule has 0 unspecified atom stereocenters. The molecule has 0 saturated heterocycles. The van der Waals surface area contributed by atoms with Gasteiger partial charge in [0.25, 0.3) is 0 Å². The molecule has 0 aliphatic heterocycles. The van der Waals surface area contributed by atoms with Crippen molar-refractivity contribution in [1.29, 1.82) is 0 Å². The van der Waals surface area contributed by atoms with Gasteiger partial charge >= 0.3 is 0 Å². The highest BCUT2D eigenvalue weighted by atomic mass is 127. The molecule has 3 radical (unpaired) electrons. The second-order valence-electron chi connectivity index (χ2n) is 4.14. The average Bonchev–Trinajstić information content (AvgIpc) is 2.06. The third kappa shape index (κ3) is 3.61. The highest BCUT2D eigenvalue weighted by Gasteiger charge is 2.12. The van der Waals surface area contributed by atoms with Gasteiger partial charge < -0.3 is 4.74 Å². The van der Waals surface area contributed by atoms with E-state index in [-0.39, 0.29) is 5.60 Å². The third-order valence-corrected chi connectivity index (χ3v) is 3.06. The molecule has 0 aliphatic carbocycles. The van der Waals surface area contributed by atoms with Gasteiger partial charge in [0.1, 0.15) is 11.4 Å². The lowest BCUT2D eigenvalue weighted by molar-refractivity contribution is 0.131. The Morgan fingerprint density at radius 3 is 2.50 bits per heavy atom. The second-order valence-corrected chi connectivity index (χ2v) is 5.66. The van der Waals surface area contributed by atoms with Gasteiger partial charge in [0.2, 0.25) is 0 Å². The van der Waals surface area contributed by atoms with Gasteiger partial charge in [0, 0.05) is 13.8 Å². The van der Waals surface area contributed by atoms with E-state index in [0.717, 1.165) is 11.8 Å². The van der Waals surface area contributed by atoms with Crippen LogP contribution in [0.3, 0.4) is 0 Å². The smallest absolute Gasteiger partial charge is 0.120 e. The van der Waals surface area contributed by atoms with Gasteiger partial charge in [0.15, 0.2) is 0 Å². The first kappa shape index (κ1) is 12.0. The maximum absolute atomic E-state index is 5.77. The lowest BCUT2D eigenvalue weighted by Crippen LogP contribution is -2.23. The molecule has 0 fully saturated rings. The van der Waals surface area contributed by atoms with Crippen LogP contribution in [-0.4, -0.2) is 15.8 Å². The molecule has 0 aromatic heterocycles. The molecule has 0 spiro atoms. The summed E-state index contributed by atoms with van der Waals surface area (Å²) in [4.78, 5) is 0. The molecule has 75 valence electrons. The van der Waals surface area contributed by atoms with Crippen LogP contribution >= 0.6 is 22.6 Å². The zero-order valence-corrected chi connectivity index (χ0v) is 11.9. The second kappa shape index (κ2) is 4.66. The van der Waals surface area contributed by atoms with Crippen molar-refractivity contribution < 1.29 is 4.74 Å². The highest BCUT2D eigenvalue weighted by Crippen LogP contribution is 2.22. The Morgan fingerprint density at radius 1 is 1.36 bits per heavy atom. The number of hydrogen-bond donors (Lipinski definition) is 0. The SMILES string of the molecule is CC(C)(C)Oc1ccc(I)c(C[Si])c1. The van der Waals surface area contributed by atoms with Crippen molar-refractivity contribution in [2.75, 3.05) is 0 Å². The Hall–Kier alpha value is -0.0331. The quantitative estimate of drug-likeness (QED) is 0.601. The maximum Gasteiger partial charge on any atom is 0.120 e. The van der Waals surface area contributed by atoms with Crippen molar-refractivity contribution in [3.63, 3.8) is 0 Å². The summed E-state index contributed by atoms with van der Waals surface area (Å²) in [5.41, 5.74) is 1.14. The Balaban J connectivity index is 2.90. The van der Waals surface area contributed by atoms with Crippen LogP contribution in [0.25, 0.3) is 0 Å². The summed E-state index contributed by atoms with van der Waals surface area (Å²) < 4.78 is 7.04. The molecule has 1 nitrogen and oxygen atoms in total. The van der Waals surface area contributed by atoms with Crippen molar-refractivity contribution in [2.45, 2.75) is 32.4 Å². The van der Waals surface area contributed by atoms with Crippen LogP contribution in [0.5, 0.6) is 5.75 Å². The zero-order valence-electron chi connectivity index (χ0n) is 8.73. The van der Waals surface area contributed by atoms with E-state index < -0.39 is 0 Å². The summed E-state index contributed by atoms with van der Waals surface area (Å²) in [6.07, 6.45) is 0. The molecule has 0 amide bonds. The summed E-state index contributed by atoms with van der Waals surface area (Å²) in [6.45, 7) is 6.16. The average molecular weight is 317 g/mol. The molecule has 0 aliphatic rings. The van der Waals surface area contributed by atoms with Crippen molar-refractivity contribution in [1.82, 2.24) is 0 Å². The van der Waals surface area contributed by atoms with Gasteiger partial charge in [0.05, 0.1) is 0 Å². The molecule has 0 saturated carbocycles. The minimum Gasteiger partial charge on any atom is -0.488 e. The van der Waals surface area contributed by atoms with E-state index in [1.54, 1.807) is 0 Å². The van der Waals surface area contributed by atoms with E-state index in [0.29, 0.717) is 0 Å². The normalized spacial score (nSPS) is 11.5. The van der Waals surface area contributed by atoms with Gasteiger partial charge in [-0.1, -0.05) is 0 Å². The van der Waals surface area contributed by atoms with Crippen molar-refractivity contribution in [3.05, 3.63) is 27.3 Å². The highest BCUT2D eigenvalue weighted by molar-refractivity contribution is 14.1. The lowest BCUT2D eigenvalue weighted by Gasteiger charge is -2.21. The molecule has 0 atom stereocenters. The standard InChI is InChI=1S/C11H14IOSi/c1-11(2,3)13-9-4-5-10(12)8(6-9)7-14/h4-6H,7H2,1-3H3. The van der Waals surface area contributed by atoms with E-state index in [4.69, 9.17) is 4.74 Å². The Labute approximate surface area is 103 Å². The predicted molar refractivity (Wildman–Crippen MR) is 69.0 cm³/mol. The molecular formula is C11H14IOSi. The summed E-state index contributed by atoms with van der Waals surface area (Å²) in [5.74, 6) is 0.936. The number of halogens is 1. The number of rotatable bonds is 2. The summed E-state index contributed by atoms with van der Waals surface area (Å²) >= 11 is 2.33. The minimum absolute atomic E-state index is 0.129. The number of hydrogen-bond acceptors (Lipinski definition) is 1. The summed E-state index contributed by atoms with van der Waals surface area (Å²) in [6, 6.07) is 7.04. The third-order valence-electron chi connectivity index (χ3n) is 1.63. The summed E-state index contributed by atoms with van der Waals surface area (Å²) in [7, 11) is 3.51. The molecule has 1 rings (SSSR count). The number of ether oxygens (including phenoxy) is 1. The van der Waals surface area contributed by atoms with Crippen LogP contribution in [0.4, 0.5) is 0 Å². The molecule has 14 heavy (non-hydrogen) atoms. The molecule has 0 N–H and O–H groups in total. The van der Waals surface area contributed by atoms with Crippen molar-refractivity contribution in [3.8, 4) is 5.75 Å². The first-order valence-electron chi connectivity index (χ1n) is 4.54. The van der Waals surface area contributed by atoms with Gasteiger partial charge in [-0.2, -0.15) is 0 Å². The van der Waals surface area contributed by atoms with E-state index >= 15 is 0 Å². The first-order valence-corrected chi connectivity index (χ1v) is 6.33. The maximum atomic E-state index is 5.77. The largest absolute Gasteiger partial charge is 0.488 e. The topological polar surface area (TPSA) is 9.23 Å². The molecule has 1 aromatic carbocycles. The first-order chi connectivity index (χ1) is 6.42. The fraction of sp³-hybridized carbons (Fsp3) is 0.455. The van der Waals surface area contributed by atoms with Gasteiger partial charge in [-0.15, -0.1) is 0 Å². The van der Waals surface area contributed by atoms with Crippen molar-refractivity contribution in [2.24, 2.45) is 0 Å². The van der Waals surface area contributed by atoms with Crippen LogP contribution in [0.2, 0.25) is 0 Å². The van der Waals surface area contributed by atoms with Crippen LogP contribution in [-0.2, 0) is 6.04 Å². The van der Waals surface area contributed by atoms with Crippen LogP contribution in [0.1, 0.15) is 26.3 Å². The van der Waals surface area contributed by atoms with Gasteiger partial charge in [-0.3, -0.25) is 0 Å². The zero-order chi connectivity index (χ0) is 10.8. The fourth-order valence-electron chi connectivity index (χ4n) is 1.10. The Morgan fingerprint density at radius 2 is 2.00 bits per heavy atom. The van der Waals surface area contributed by atoms with Crippen molar-refractivity contribution >= 4 is 32.8 Å². The lowest BCUT2D eigenvalue weighted by atomic mass is 10.2. The van der Waals surface area contributed by atoms with Crippen LogP contribution in [0, 0.1) is 3.57 Å². The fourth-order valence-corrected chi connectivity index (χ4v) is 2.28. The minimum atomic E-state index is -0.129. The molecule has 0 heterocycles. The van der Waals surface area contributed by atoms with Crippen LogP contribution in [0.15, 0.2) is 18.2 Å². The summed E-state index contributed by atoms with van der Waals surface area (Å²) in [5, 5.41) is 0. The van der Waals surface area contributed by atoms with Gasteiger partial charge in [-0.05, 0) is 73.2 Å². The van der Waals surface area contributed by atoms with E-state index in [1.165, 1.54) is 9.13 Å². The van der Waals surface area contributed by atoms with Crippen LogP contribution < -0.4 is 4.74 Å². The van der Waals surface area contributed by atoms with E-state index in [2.05, 4.69) is 65.7 Å². The predicted octanol–water partition coefficient (Wildman–Crippen LogP) is 3.14. The Kier molecular flexibility index (Phi) is 4.01. The van der Waals surface area contributed by atoms with E-state index in [9.17, 15) is 0 Å². The molecular weight excluding hydrogens is 303 g/mol. The molecule has 0 bridgehead atoms. The Bertz CT molecular complexity index is 318. The van der Waals surface area contributed by atoms with Gasteiger partial charge in [-0.25, -0.2) is 0 Å². The molecule has 1 aromatic rings.